The average Bonchev–Trinajstić information content (AvgIpc) is 1.99. The lowest BCUT2D eigenvalue weighted by molar-refractivity contribution is -0.137. The first-order chi connectivity index (χ1) is 4.74. The molecule has 0 saturated heterocycles. The molecule has 0 aliphatic rings. The zero-order chi connectivity index (χ0) is 7.98. The molecule has 3 heteroatoms. The second kappa shape index (κ2) is 5.67. The van der Waals surface area contributed by atoms with Gasteiger partial charge < -0.3 is 4.74 Å². The molecule has 0 fully saturated rings. The van der Waals surface area contributed by atoms with Gasteiger partial charge in [-0.15, -0.1) is 0 Å². The van der Waals surface area contributed by atoms with Crippen LogP contribution >= 0.6 is 7.92 Å². The van der Waals surface area contributed by atoms with Crippen molar-refractivity contribution in [3.05, 3.63) is 0 Å². The van der Waals surface area contributed by atoms with Gasteiger partial charge in [0.15, 0.2) is 0 Å². The molecule has 0 radical (unpaired) electrons. The van der Waals surface area contributed by atoms with Crippen LogP contribution in [0, 0.1) is 0 Å². The van der Waals surface area contributed by atoms with Gasteiger partial charge in [-0.25, -0.2) is 0 Å². The Kier molecular flexibility index (Phi) is 5.61. The van der Waals surface area contributed by atoms with Gasteiger partial charge in [-0.05, 0) is 12.3 Å². The normalized spacial score (nSPS) is 10.0. The van der Waals surface area contributed by atoms with Gasteiger partial charge in [0.2, 0.25) is 0 Å². The Morgan fingerprint density at radius 1 is 1.40 bits per heavy atom. The third-order valence-corrected chi connectivity index (χ3v) is 3.97. The minimum absolute atomic E-state index is 0.0604. The maximum atomic E-state index is 10.7. The Bertz CT molecular complexity index is 99.8. The van der Waals surface area contributed by atoms with Gasteiger partial charge in [-0.1, -0.05) is 21.8 Å². The van der Waals surface area contributed by atoms with Crippen LogP contribution in [0.2, 0.25) is 0 Å². The highest BCUT2D eigenvalue weighted by atomic mass is 31.1. The highest BCUT2D eigenvalue weighted by Crippen LogP contribution is 2.33. The predicted octanol–water partition coefficient (Wildman–Crippen LogP) is 1.68. The van der Waals surface area contributed by atoms with Crippen LogP contribution in [0.3, 0.4) is 0 Å². The number of carbonyl (C=O) groups excluding carboxylic acids is 1. The fourth-order valence-electron chi connectivity index (χ4n) is 0.694. The van der Waals surface area contributed by atoms with Crippen LogP contribution in [0.25, 0.3) is 0 Å². The number of rotatable bonds is 4. The number of ether oxygens (including phenoxy) is 1. The van der Waals surface area contributed by atoms with E-state index in [1.807, 2.05) is 0 Å². The van der Waals surface area contributed by atoms with E-state index in [2.05, 4.69) is 18.6 Å². The lowest BCUT2D eigenvalue weighted by Crippen LogP contribution is -2.06. The van der Waals surface area contributed by atoms with Crippen molar-refractivity contribution in [3.63, 3.8) is 0 Å². The van der Waals surface area contributed by atoms with Crippen LogP contribution in [-0.2, 0) is 9.53 Å². The Hall–Kier alpha value is -0.100. The van der Waals surface area contributed by atoms with Crippen molar-refractivity contribution in [2.24, 2.45) is 0 Å². The van der Waals surface area contributed by atoms with E-state index in [1.54, 1.807) is 0 Å². The Morgan fingerprint density at radius 3 is 2.20 bits per heavy atom. The molecule has 0 aliphatic carbocycles. The standard InChI is InChI=1S/C7H15O2P/c1-4-10(5-2)6-7(8)9-3/h4-6H2,1-3H3. The summed E-state index contributed by atoms with van der Waals surface area (Å²) in [5, 5.41) is 0. The second-order valence-electron chi connectivity index (χ2n) is 2.04. The molecule has 60 valence electrons. The van der Waals surface area contributed by atoms with Crippen molar-refractivity contribution in [1.82, 2.24) is 0 Å². The van der Waals surface area contributed by atoms with Gasteiger partial charge in [0.1, 0.15) is 0 Å². The van der Waals surface area contributed by atoms with Crippen LogP contribution in [-0.4, -0.2) is 31.6 Å². The number of carbonyl (C=O) groups is 1. The fourth-order valence-corrected chi connectivity index (χ4v) is 2.08. The Labute approximate surface area is 63.7 Å². The lowest BCUT2D eigenvalue weighted by Gasteiger charge is -2.09. The van der Waals surface area contributed by atoms with E-state index in [9.17, 15) is 4.79 Å². The van der Waals surface area contributed by atoms with Gasteiger partial charge in [-0.3, -0.25) is 4.79 Å². The Balaban J connectivity index is 3.52. The molecule has 0 saturated carbocycles. The van der Waals surface area contributed by atoms with Crippen molar-refractivity contribution in [1.29, 1.82) is 0 Å². The molecule has 0 aromatic heterocycles. The van der Waals surface area contributed by atoms with E-state index in [0.717, 1.165) is 12.3 Å². The number of methoxy groups -OCH3 is 1. The molecule has 2 nitrogen and oxygen atoms in total. The first-order valence-electron chi connectivity index (χ1n) is 3.53. The van der Waals surface area contributed by atoms with E-state index in [4.69, 9.17) is 0 Å². The van der Waals surface area contributed by atoms with Crippen molar-refractivity contribution in [2.45, 2.75) is 13.8 Å². The van der Waals surface area contributed by atoms with Crippen molar-refractivity contribution < 1.29 is 9.53 Å². The molecule has 0 N–H and O–H groups in total. The van der Waals surface area contributed by atoms with Gasteiger partial charge in [0.25, 0.3) is 0 Å². The highest BCUT2D eigenvalue weighted by molar-refractivity contribution is 7.58. The second-order valence-corrected chi connectivity index (χ2v) is 4.96. The first kappa shape index (κ1) is 9.90. The topological polar surface area (TPSA) is 26.3 Å². The van der Waals surface area contributed by atoms with Crippen molar-refractivity contribution in [2.75, 3.05) is 25.6 Å². The van der Waals surface area contributed by atoms with Gasteiger partial charge in [-0.2, -0.15) is 0 Å². The largest absolute Gasteiger partial charge is 0.469 e. The van der Waals surface area contributed by atoms with E-state index < -0.39 is 0 Å². The molecule has 10 heavy (non-hydrogen) atoms. The van der Waals surface area contributed by atoms with Crippen LogP contribution in [0.15, 0.2) is 0 Å². The van der Waals surface area contributed by atoms with E-state index in [0.29, 0.717) is 6.16 Å². The molecular weight excluding hydrogens is 147 g/mol. The summed E-state index contributed by atoms with van der Waals surface area (Å²) < 4.78 is 4.56. The van der Waals surface area contributed by atoms with Gasteiger partial charge in [0, 0.05) is 0 Å². The SMILES string of the molecule is CCP(CC)CC(=O)OC. The van der Waals surface area contributed by atoms with Crippen LogP contribution < -0.4 is 0 Å². The van der Waals surface area contributed by atoms with Crippen LogP contribution in [0.4, 0.5) is 0 Å². The fraction of sp³-hybridized carbons (Fsp3) is 0.857. The van der Waals surface area contributed by atoms with Crippen LogP contribution in [0.5, 0.6) is 0 Å². The monoisotopic (exact) mass is 162 g/mol. The molecule has 0 bridgehead atoms. The van der Waals surface area contributed by atoms with Gasteiger partial charge in [0.05, 0.1) is 13.3 Å². The minimum atomic E-state index is -0.0760. The highest BCUT2D eigenvalue weighted by Gasteiger charge is 2.08. The molecule has 0 aromatic rings. The molecule has 0 aliphatic heterocycles. The smallest absolute Gasteiger partial charge is 0.309 e. The summed E-state index contributed by atoms with van der Waals surface area (Å²) in [6.07, 6.45) is 2.89. The summed E-state index contributed by atoms with van der Waals surface area (Å²) in [5.74, 6) is -0.0604. The Morgan fingerprint density at radius 2 is 1.90 bits per heavy atom. The van der Waals surface area contributed by atoms with E-state index in [-0.39, 0.29) is 13.9 Å². The van der Waals surface area contributed by atoms with Gasteiger partial charge >= 0.3 is 5.97 Å². The lowest BCUT2D eigenvalue weighted by atomic mass is 10.8. The zero-order valence-electron chi connectivity index (χ0n) is 6.89. The summed E-state index contributed by atoms with van der Waals surface area (Å²) >= 11 is 0. The summed E-state index contributed by atoms with van der Waals surface area (Å²) in [7, 11) is 1.37. The van der Waals surface area contributed by atoms with Crippen molar-refractivity contribution >= 4 is 13.9 Å². The summed E-state index contributed by atoms with van der Waals surface area (Å²) in [6.45, 7) is 4.25. The molecular formula is C7H15O2P. The maximum Gasteiger partial charge on any atom is 0.309 e. The van der Waals surface area contributed by atoms with E-state index in [1.165, 1.54) is 7.11 Å². The predicted molar refractivity (Wildman–Crippen MR) is 44.9 cm³/mol. The number of esters is 1. The maximum absolute atomic E-state index is 10.7. The minimum Gasteiger partial charge on any atom is -0.469 e. The molecule has 0 heterocycles. The summed E-state index contributed by atoms with van der Waals surface area (Å²) in [5.41, 5.74) is 0. The third-order valence-electron chi connectivity index (χ3n) is 1.47. The van der Waals surface area contributed by atoms with E-state index >= 15 is 0 Å². The number of hydrogen-bond acceptors (Lipinski definition) is 2. The third kappa shape index (κ3) is 3.84. The number of hydrogen-bond donors (Lipinski definition) is 0. The molecule has 0 atom stereocenters. The average molecular weight is 162 g/mol. The van der Waals surface area contributed by atoms with Crippen molar-refractivity contribution in [3.8, 4) is 0 Å². The van der Waals surface area contributed by atoms with Crippen LogP contribution in [0.1, 0.15) is 13.8 Å². The quantitative estimate of drug-likeness (QED) is 0.464. The first-order valence-corrected chi connectivity index (χ1v) is 5.43. The molecule has 0 spiro atoms. The summed E-state index contributed by atoms with van der Waals surface area (Å²) in [4.78, 5) is 10.7. The molecule has 0 aromatic carbocycles. The summed E-state index contributed by atoms with van der Waals surface area (Å²) in [6, 6.07) is 0. The molecule has 0 rings (SSSR count). The zero-order valence-corrected chi connectivity index (χ0v) is 7.78. The molecule has 0 amide bonds. The molecule has 0 unspecified atom stereocenters.